The van der Waals surface area contributed by atoms with Crippen LogP contribution >= 0.6 is 0 Å². The molecule has 1 aliphatic heterocycles. The van der Waals surface area contributed by atoms with Crippen LogP contribution in [0.3, 0.4) is 0 Å². The van der Waals surface area contributed by atoms with Gasteiger partial charge in [0.25, 0.3) is 0 Å². The lowest BCUT2D eigenvalue weighted by atomic mass is 9.79. The number of nitrogens with one attached hydrogen (secondary N) is 5. The zero-order valence-corrected chi connectivity index (χ0v) is 18.0. The smallest absolute Gasteiger partial charge is 0.317 e. The molecule has 0 spiro atoms. The molecular formula is C20H42N6O. The van der Waals surface area contributed by atoms with Crippen molar-refractivity contribution in [3.8, 4) is 0 Å². The maximum atomic E-state index is 12.4. The van der Waals surface area contributed by atoms with Crippen LogP contribution in [0.2, 0.25) is 0 Å². The van der Waals surface area contributed by atoms with Gasteiger partial charge in [0, 0.05) is 12.1 Å². The third kappa shape index (κ3) is 8.34. The van der Waals surface area contributed by atoms with Gasteiger partial charge >= 0.3 is 6.03 Å². The molecule has 27 heavy (non-hydrogen) atoms. The summed E-state index contributed by atoms with van der Waals surface area (Å²) >= 11 is 0. The Balaban J connectivity index is 1.68. The summed E-state index contributed by atoms with van der Waals surface area (Å²) in [6.45, 7) is 8.89. The van der Waals surface area contributed by atoms with Gasteiger partial charge in [-0.3, -0.25) is 10.6 Å². The number of nitrogens with zero attached hydrogens (tertiary/aromatic N) is 1. The van der Waals surface area contributed by atoms with Gasteiger partial charge in [-0.1, -0.05) is 13.8 Å². The molecule has 6 atom stereocenters. The molecule has 2 rings (SSSR count). The van der Waals surface area contributed by atoms with Gasteiger partial charge in [0.05, 0.1) is 6.17 Å². The molecule has 2 fully saturated rings. The van der Waals surface area contributed by atoms with Crippen molar-refractivity contribution in [2.75, 3.05) is 27.2 Å². The number of hydrogen-bond acceptors (Lipinski definition) is 5. The molecule has 7 nitrogen and oxygen atoms in total. The predicted molar refractivity (Wildman–Crippen MR) is 111 cm³/mol. The standard InChI is InChI=1S/C20H42N6O/c1-14-8-9-17(12-15(14)2)23-20(27)25-19-22-16(3)13-18(24-19)21-10-6-7-11-26(4)5/h14-19,21-22,24H,6-13H2,1-5H3,(H2,23,25,27). The van der Waals surface area contributed by atoms with Crippen LogP contribution in [0.1, 0.15) is 59.3 Å². The summed E-state index contributed by atoms with van der Waals surface area (Å²) in [5.41, 5.74) is 0. The first kappa shape index (κ1) is 22.4. The highest BCUT2D eigenvalue weighted by Gasteiger charge is 2.28. The quantitative estimate of drug-likeness (QED) is 0.412. The molecule has 6 unspecified atom stereocenters. The van der Waals surface area contributed by atoms with Crippen molar-refractivity contribution in [1.29, 1.82) is 0 Å². The van der Waals surface area contributed by atoms with Crippen molar-refractivity contribution in [2.45, 2.75) is 83.8 Å². The highest BCUT2D eigenvalue weighted by atomic mass is 16.2. The van der Waals surface area contributed by atoms with Crippen molar-refractivity contribution in [1.82, 2.24) is 31.5 Å². The number of rotatable bonds is 8. The van der Waals surface area contributed by atoms with Gasteiger partial charge in [-0.2, -0.15) is 0 Å². The van der Waals surface area contributed by atoms with E-state index in [0.29, 0.717) is 18.0 Å². The van der Waals surface area contributed by atoms with Crippen LogP contribution in [0.5, 0.6) is 0 Å². The van der Waals surface area contributed by atoms with Gasteiger partial charge in [0.1, 0.15) is 6.29 Å². The minimum Gasteiger partial charge on any atom is -0.335 e. The van der Waals surface area contributed by atoms with Crippen LogP contribution < -0.4 is 26.6 Å². The molecule has 158 valence electrons. The van der Waals surface area contributed by atoms with Crippen molar-refractivity contribution < 1.29 is 4.79 Å². The summed E-state index contributed by atoms with van der Waals surface area (Å²) in [6.07, 6.45) is 6.74. The molecule has 1 aliphatic carbocycles. The maximum Gasteiger partial charge on any atom is 0.317 e. The van der Waals surface area contributed by atoms with E-state index in [0.717, 1.165) is 44.7 Å². The first-order valence-electron chi connectivity index (χ1n) is 10.8. The Labute approximate surface area is 165 Å². The van der Waals surface area contributed by atoms with Crippen LogP contribution in [0.4, 0.5) is 4.79 Å². The molecule has 7 heteroatoms. The number of urea groups is 1. The van der Waals surface area contributed by atoms with E-state index in [9.17, 15) is 4.79 Å². The summed E-state index contributed by atoms with van der Waals surface area (Å²) in [5.74, 6) is 1.44. The molecule has 5 N–H and O–H groups in total. The summed E-state index contributed by atoms with van der Waals surface area (Å²) in [4.78, 5) is 14.6. The maximum absolute atomic E-state index is 12.4. The average molecular weight is 383 g/mol. The van der Waals surface area contributed by atoms with E-state index in [-0.39, 0.29) is 18.5 Å². The lowest BCUT2D eigenvalue weighted by Crippen LogP contribution is -2.68. The van der Waals surface area contributed by atoms with E-state index >= 15 is 0 Å². The largest absolute Gasteiger partial charge is 0.335 e. The van der Waals surface area contributed by atoms with Gasteiger partial charge in [0.15, 0.2) is 0 Å². The second-order valence-corrected chi connectivity index (χ2v) is 9.00. The Morgan fingerprint density at radius 2 is 1.78 bits per heavy atom. The van der Waals surface area contributed by atoms with Crippen LogP contribution in [0, 0.1) is 11.8 Å². The number of hydrogen-bond donors (Lipinski definition) is 5. The molecule has 1 saturated carbocycles. The average Bonchev–Trinajstić information content (AvgIpc) is 2.57. The summed E-state index contributed by atoms with van der Waals surface area (Å²) in [6, 6.07) is 0.569. The van der Waals surface area contributed by atoms with Gasteiger partial charge in [-0.05, 0) is 84.5 Å². The number of carbonyl (C=O) groups is 1. The Morgan fingerprint density at radius 1 is 1.00 bits per heavy atom. The van der Waals surface area contributed by atoms with Gasteiger partial charge < -0.3 is 20.9 Å². The molecule has 0 aromatic carbocycles. The van der Waals surface area contributed by atoms with Gasteiger partial charge in [-0.25, -0.2) is 4.79 Å². The van der Waals surface area contributed by atoms with Crippen molar-refractivity contribution in [3.05, 3.63) is 0 Å². The molecule has 0 bridgehead atoms. The molecule has 2 amide bonds. The van der Waals surface area contributed by atoms with Crippen molar-refractivity contribution in [2.24, 2.45) is 11.8 Å². The second-order valence-electron chi connectivity index (χ2n) is 9.00. The molecule has 0 aromatic heterocycles. The van der Waals surface area contributed by atoms with Crippen LogP contribution in [0.25, 0.3) is 0 Å². The molecule has 0 aromatic rings. The van der Waals surface area contributed by atoms with E-state index in [1.807, 2.05) is 0 Å². The first-order valence-corrected chi connectivity index (χ1v) is 10.8. The number of amides is 2. The van der Waals surface area contributed by atoms with E-state index in [1.54, 1.807) is 0 Å². The summed E-state index contributed by atoms with van der Waals surface area (Å²) < 4.78 is 0. The van der Waals surface area contributed by atoms with Crippen molar-refractivity contribution in [3.63, 3.8) is 0 Å². The fourth-order valence-electron chi connectivity index (χ4n) is 4.12. The van der Waals surface area contributed by atoms with Crippen LogP contribution in [-0.2, 0) is 0 Å². The Morgan fingerprint density at radius 3 is 2.48 bits per heavy atom. The first-order chi connectivity index (χ1) is 12.8. The van der Waals surface area contributed by atoms with E-state index < -0.39 is 0 Å². The normalized spacial score (nSPS) is 34.4. The lowest BCUT2D eigenvalue weighted by molar-refractivity contribution is 0.178. The third-order valence-corrected chi connectivity index (χ3v) is 6.04. The van der Waals surface area contributed by atoms with Crippen LogP contribution in [-0.4, -0.2) is 62.7 Å². The van der Waals surface area contributed by atoms with E-state index in [2.05, 4.69) is 66.4 Å². The zero-order valence-electron chi connectivity index (χ0n) is 18.0. The Kier molecular flexibility index (Phi) is 9.29. The highest BCUT2D eigenvalue weighted by molar-refractivity contribution is 5.74. The topological polar surface area (TPSA) is 80.5 Å². The van der Waals surface area contributed by atoms with Gasteiger partial charge in [0.2, 0.25) is 0 Å². The van der Waals surface area contributed by atoms with Gasteiger partial charge in [-0.15, -0.1) is 0 Å². The molecule has 0 radical (unpaired) electrons. The third-order valence-electron chi connectivity index (χ3n) is 6.04. The number of carbonyl (C=O) groups excluding carboxylic acids is 1. The minimum atomic E-state index is -0.201. The van der Waals surface area contributed by atoms with E-state index in [1.165, 1.54) is 12.8 Å². The van der Waals surface area contributed by atoms with E-state index in [4.69, 9.17) is 0 Å². The highest BCUT2D eigenvalue weighted by Crippen LogP contribution is 2.29. The lowest BCUT2D eigenvalue weighted by Gasteiger charge is -2.37. The summed E-state index contributed by atoms with van der Waals surface area (Å²) in [5, 5.41) is 16.7. The zero-order chi connectivity index (χ0) is 19.8. The minimum absolute atomic E-state index is 0.0782. The molecular weight excluding hydrogens is 340 g/mol. The monoisotopic (exact) mass is 382 g/mol. The predicted octanol–water partition coefficient (Wildman–Crippen LogP) is 1.62. The van der Waals surface area contributed by atoms with Crippen LogP contribution in [0.15, 0.2) is 0 Å². The second kappa shape index (κ2) is 11.2. The summed E-state index contributed by atoms with van der Waals surface area (Å²) in [7, 11) is 4.22. The fourth-order valence-corrected chi connectivity index (χ4v) is 4.12. The fraction of sp³-hybridized carbons (Fsp3) is 0.950. The Bertz CT molecular complexity index is 446. The SMILES string of the molecule is CC1CC(NCCCCN(C)C)NC(NC(=O)NC2CCC(C)C(C)C2)N1. The number of unbranched alkanes of at least 4 members (excludes halogenated alkanes) is 1. The Hall–Kier alpha value is -0.890. The molecule has 1 heterocycles. The molecule has 2 aliphatic rings. The van der Waals surface area contributed by atoms with Crippen molar-refractivity contribution >= 4 is 6.03 Å². The molecule has 1 saturated heterocycles.